The summed E-state index contributed by atoms with van der Waals surface area (Å²) in [6.45, 7) is 9.61. The van der Waals surface area contributed by atoms with E-state index in [9.17, 15) is 4.79 Å². The third-order valence-electron chi connectivity index (χ3n) is 4.45. The number of nitrogens with zero attached hydrogens (tertiary/aromatic N) is 2. The third-order valence-corrected chi connectivity index (χ3v) is 4.45. The number of carbonyl (C=O) groups excluding carboxylic acids is 1. The van der Waals surface area contributed by atoms with Gasteiger partial charge in [0, 0.05) is 25.0 Å². The second-order valence-corrected chi connectivity index (χ2v) is 5.70. The summed E-state index contributed by atoms with van der Waals surface area (Å²) in [7, 11) is 0. The second kappa shape index (κ2) is 5.96. The molecule has 0 amide bonds. The minimum atomic E-state index is 0.237. The fourth-order valence-electron chi connectivity index (χ4n) is 2.96. The summed E-state index contributed by atoms with van der Waals surface area (Å²) in [5.74, 6) is 0.662. The van der Waals surface area contributed by atoms with E-state index < -0.39 is 0 Å². The summed E-state index contributed by atoms with van der Waals surface area (Å²) >= 11 is 0. The molecule has 2 aliphatic heterocycles. The first kappa shape index (κ1) is 13.0. The summed E-state index contributed by atoms with van der Waals surface area (Å²) in [5.41, 5.74) is 0. The van der Waals surface area contributed by atoms with Crippen LogP contribution >= 0.6 is 0 Å². The maximum Gasteiger partial charge on any atom is 0.149 e. The predicted molar refractivity (Wildman–Crippen MR) is 70.1 cm³/mol. The minimum absolute atomic E-state index is 0.237. The van der Waals surface area contributed by atoms with Gasteiger partial charge in [0.25, 0.3) is 0 Å². The topological polar surface area (TPSA) is 23.6 Å². The number of rotatable bonds is 5. The van der Waals surface area contributed by atoms with Crippen molar-refractivity contribution in [3.63, 3.8) is 0 Å². The van der Waals surface area contributed by atoms with Crippen molar-refractivity contribution in [1.82, 2.24) is 9.80 Å². The smallest absolute Gasteiger partial charge is 0.149 e. The molecular formula is C14H26N2O. The van der Waals surface area contributed by atoms with Gasteiger partial charge >= 0.3 is 0 Å². The van der Waals surface area contributed by atoms with E-state index in [1.807, 2.05) is 0 Å². The van der Waals surface area contributed by atoms with E-state index in [0.29, 0.717) is 12.3 Å². The maximum atomic E-state index is 11.9. The average Bonchev–Trinajstić information content (AvgIpc) is 2.97. The Morgan fingerprint density at radius 3 is 2.65 bits per heavy atom. The van der Waals surface area contributed by atoms with Gasteiger partial charge in [-0.15, -0.1) is 0 Å². The SMILES string of the molecule is CCC(C)C(=O)CN1CCC(N2CCCC2)C1. The molecule has 2 saturated heterocycles. The first-order valence-electron chi connectivity index (χ1n) is 7.19. The highest BCUT2D eigenvalue weighted by atomic mass is 16.1. The largest absolute Gasteiger partial charge is 0.299 e. The molecule has 2 heterocycles. The van der Waals surface area contributed by atoms with Crippen molar-refractivity contribution in [2.45, 2.75) is 45.6 Å². The van der Waals surface area contributed by atoms with Gasteiger partial charge in [-0.2, -0.15) is 0 Å². The molecule has 0 aliphatic carbocycles. The molecule has 0 aromatic heterocycles. The van der Waals surface area contributed by atoms with Crippen LogP contribution in [0.5, 0.6) is 0 Å². The number of hydrogen-bond donors (Lipinski definition) is 0. The number of carbonyl (C=O) groups is 1. The van der Waals surface area contributed by atoms with Crippen LogP contribution in [0.25, 0.3) is 0 Å². The van der Waals surface area contributed by atoms with Crippen LogP contribution in [0.2, 0.25) is 0 Å². The summed E-state index contributed by atoms with van der Waals surface area (Å²) in [4.78, 5) is 16.9. The van der Waals surface area contributed by atoms with Crippen LogP contribution < -0.4 is 0 Å². The highest BCUT2D eigenvalue weighted by Gasteiger charge is 2.30. The number of hydrogen-bond acceptors (Lipinski definition) is 3. The van der Waals surface area contributed by atoms with Gasteiger partial charge in [-0.1, -0.05) is 13.8 Å². The van der Waals surface area contributed by atoms with E-state index in [1.165, 1.54) is 32.4 Å². The van der Waals surface area contributed by atoms with Gasteiger partial charge in [0.15, 0.2) is 0 Å². The molecule has 2 aliphatic rings. The van der Waals surface area contributed by atoms with Crippen LogP contribution in [0, 0.1) is 5.92 Å². The summed E-state index contributed by atoms with van der Waals surface area (Å²) in [6.07, 6.45) is 4.96. The van der Waals surface area contributed by atoms with Gasteiger partial charge in [0.05, 0.1) is 6.54 Å². The van der Waals surface area contributed by atoms with Crippen LogP contribution in [0.15, 0.2) is 0 Å². The quantitative estimate of drug-likeness (QED) is 0.729. The molecule has 2 rings (SSSR count). The van der Waals surface area contributed by atoms with Gasteiger partial charge in [0.1, 0.15) is 5.78 Å². The van der Waals surface area contributed by atoms with E-state index >= 15 is 0 Å². The summed E-state index contributed by atoms with van der Waals surface area (Å²) in [5, 5.41) is 0. The van der Waals surface area contributed by atoms with Gasteiger partial charge in [0.2, 0.25) is 0 Å². The Morgan fingerprint density at radius 2 is 2.00 bits per heavy atom. The van der Waals surface area contributed by atoms with Crippen molar-refractivity contribution in [1.29, 1.82) is 0 Å². The highest BCUT2D eigenvalue weighted by Crippen LogP contribution is 2.20. The van der Waals surface area contributed by atoms with E-state index in [4.69, 9.17) is 0 Å². The van der Waals surface area contributed by atoms with Crippen molar-refractivity contribution < 1.29 is 4.79 Å². The summed E-state index contributed by atoms with van der Waals surface area (Å²) in [6, 6.07) is 0.724. The second-order valence-electron chi connectivity index (χ2n) is 5.70. The van der Waals surface area contributed by atoms with E-state index in [0.717, 1.165) is 25.6 Å². The zero-order valence-corrected chi connectivity index (χ0v) is 11.3. The van der Waals surface area contributed by atoms with Crippen molar-refractivity contribution in [3.05, 3.63) is 0 Å². The lowest BCUT2D eigenvalue weighted by Gasteiger charge is -2.23. The van der Waals surface area contributed by atoms with Crippen LogP contribution in [0.4, 0.5) is 0 Å². The van der Waals surface area contributed by atoms with Crippen LogP contribution in [0.1, 0.15) is 39.5 Å². The van der Waals surface area contributed by atoms with E-state index in [1.54, 1.807) is 0 Å². The van der Waals surface area contributed by atoms with Crippen molar-refractivity contribution in [3.8, 4) is 0 Å². The zero-order chi connectivity index (χ0) is 12.3. The van der Waals surface area contributed by atoms with Crippen LogP contribution in [-0.2, 0) is 4.79 Å². The van der Waals surface area contributed by atoms with Gasteiger partial charge in [-0.25, -0.2) is 0 Å². The molecule has 0 radical (unpaired) electrons. The molecule has 2 fully saturated rings. The predicted octanol–water partition coefficient (Wildman–Crippen LogP) is 1.77. The maximum absolute atomic E-state index is 11.9. The molecule has 0 aromatic rings. The molecule has 2 unspecified atom stereocenters. The first-order valence-corrected chi connectivity index (χ1v) is 7.19. The lowest BCUT2D eigenvalue weighted by atomic mass is 10.0. The van der Waals surface area contributed by atoms with Gasteiger partial charge in [-0.05, 0) is 38.8 Å². The van der Waals surface area contributed by atoms with Crippen molar-refractivity contribution in [2.75, 3.05) is 32.7 Å². The van der Waals surface area contributed by atoms with E-state index in [2.05, 4.69) is 23.6 Å². The Morgan fingerprint density at radius 1 is 1.29 bits per heavy atom. The average molecular weight is 238 g/mol. The first-order chi connectivity index (χ1) is 8.20. The lowest BCUT2D eigenvalue weighted by Crippen LogP contribution is -2.37. The number of Topliss-reactive ketones (excluding diaryl/α,β-unsaturated/α-hetero) is 1. The number of likely N-dealkylation sites (tertiary alicyclic amines) is 2. The monoisotopic (exact) mass is 238 g/mol. The molecule has 0 bridgehead atoms. The molecule has 2 atom stereocenters. The molecule has 98 valence electrons. The molecular weight excluding hydrogens is 212 g/mol. The van der Waals surface area contributed by atoms with Crippen molar-refractivity contribution in [2.24, 2.45) is 5.92 Å². The fraction of sp³-hybridized carbons (Fsp3) is 0.929. The molecule has 0 N–H and O–H groups in total. The van der Waals surface area contributed by atoms with Crippen LogP contribution in [-0.4, -0.2) is 54.3 Å². The third kappa shape index (κ3) is 3.29. The molecule has 17 heavy (non-hydrogen) atoms. The molecule has 0 aromatic carbocycles. The minimum Gasteiger partial charge on any atom is -0.299 e. The fourth-order valence-corrected chi connectivity index (χ4v) is 2.96. The number of ketones is 1. The van der Waals surface area contributed by atoms with Gasteiger partial charge < -0.3 is 0 Å². The Bertz CT molecular complexity index is 261. The Hall–Kier alpha value is -0.410. The zero-order valence-electron chi connectivity index (χ0n) is 11.3. The molecule has 0 saturated carbocycles. The standard InChI is InChI=1S/C14H26N2O/c1-3-12(2)14(17)11-15-9-6-13(10-15)16-7-4-5-8-16/h12-13H,3-11H2,1-2H3. The Labute approximate surface area is 105 Å². The summed E-state index contributed by atoms with van der Waals surface area (Å²) < 4.78 is 0. The molecule has 3 nitrogen and oxygen atoms in total. The normalized spacial score (nSPS) is 28.7. The lowest BCUT2D eigenvalue weighted by molar-refractivity contribution is -0.123. The van der Waals surface area contributed by atoms with E-state index in [-0.39, 0.29) is 5.92 Å². The highest BCUT2D eigenvalue weighted by molar-refractivity contribution is 5.82. The van der Waals surface area contributed by atoms with Crippen LogP contribution in [0.3, 0.4) is 0 Å². The Balaban J connectivity index is 1.75. The van der Waals surface area contributed by atoms with Gasteiger partial charge in [-0.3, -0.25) is 14.6 Å². The Kier molecular flexibility index (Phi) is 4.57. The molecule has 3 heteroatoms. The van der Waals surface area contributed by atoms with Crippen molar-refractivity contribution >= 4 is 5.78 Å². The molecule has 0 spiro atoms.